The molecule has 0 aliphatic carbocycles. The van der Waals surface area contributed by atoms with Gasteiger partial charge in [0.15, 0.2) is 0 Å². The van der Waals surface area contributed by atoms with E-state index in [4.69, 9.17) is 9.47 Å². The van der Waals surface area contributed by atoms with Crippen molar-refractivity contribution in [1.82, 2.24) is 0 Å². The van der Waals surface area contributed by atoms with E-state index < -0.39 is 11.5 Å². The average molecular weight is 446 g/mol. The fourth-order valence-corrected chi connectivity index (χ4v) is 3.89. The number of hydrogen-bond acceptors (Lipinski definition) is 3. The molecule has 0 radical (unpaired) electrons. The molecule has 0 bridgehead atoms. The van der Waals surface area contributed by atoms with Crippen LogP contribution in [0, 0.1) is 5.92 Å². The number of rotatable bonds is 6. The van der Waals surface area contributed by atoms with Crippen molar-refractivity contribution in [3.05, 3.63) is 58.7 Å². The number of benzene rings is 2. The standard InChI is InChI=1S/C26H33F2NO3/c1-17(2)13-18-7-8-20(22(14-18)26(6,27)28)16-31-21-9-10-23-19(15-21)11-12-29(23)24(30)32-25(3,4)5/h7-10,14-15,17H,11-13,16H2,1-6H3. The predicted molar refractivity (Wildman–Crippen MR) is 123 cm³/mol. The van der Waals surface area contributed by atoms with Crippen molar-refractivity contribution in [3.8, 4) is 5.75 Å². The molecule has 0 aromatic heterocycles. The van der Waals surface area contributed by atoms with Gasteiger partial charge in [-0.25, -0.2) is 13.6 Å². The second kappa shape index (κ2) is 9.08. The van der Waals surface area contributed by atoms with Crippen LogP contribution in [0.3, 0.4) is 0 Å². The average Bonchev–Trinajstić information content (AvgIpc) is 3.08. The van der Waals surface area contributed by atoms with Crippen molar-refractivity contribution >= 4 is 11.8 Å². The van der Waals surface area contributed by atoms with E-state index in [1.54, 1.807) is 23.1 Å². The first-order valence-electron chi connectivity index (χ1n) is 11.1. The number of hydrogen-bond donors (Lipinski definition) is 0. The van der Waals surface area contributed by atoms with Gasteiger partial charge >= 0.3 is 6.09 Å². The van der Waals surface area contributed by atoms with Crippen LogP contribution in [-0.2, 0) is 30.1 Å². The number of amides is 1. The Labute approximate surface area is 189 Å². The molecule has 1 aliphatic heterocycles. The number of carbonyl (C=O) groups is 1. The third kappa shape index (κ3) is 5.99. The fraction of sp³-hybridized carbons (Fsp3) is 0.500. The Kier molecular flexibility index (Phi) is 6.82. The third-order valence-electron chi connectivity index (χ3n) is 5.25. The molecule has 0 unspecified atom stereocenters. The van der Waals surface area contributed by atoms with Crippen molar-refractivity contribution in [3.63, 3.8) is 0 Å². The number of halogens is 2. The lowest BCUT2D eigenvalue weighted by molar-refractivity contribution is 0.0155. The molecule has 0 saturated heterocycles. The molecule has 0 N–H and O–H groups in total. The van der Waals surface area contributed by atoms with Gasteiger partial charge in [0, 0.05) is 19.0 Å². The normalized spacial score (nSPS) is 14.0. The van der Waals surface area contributed by atoms with E-state index >= 15 is 0 Å². The van der Waals surface area contributed by atoms with Gasteiger partial charge in [-0.3, -0.25) is 4.90 Å². The second-order valence-electron chi connectivity index (χ2n) is 9.94. The van der Waals surface area contributed by atoms with Gasteiger partial charge in [0.25, 0.3) is 5.92 Å². The van der Waals surface area contributed by atoms with Gasteiger partial charge in [-0.2, -0.15) is 0 Å². The quantitative estimate of drug-likeness (QED) is 0.487. The summed E-state index contributed by atoms with van der Waals surface area (Å²) < 4.78 is 39.9. The van der Waals surface area contributed by atoms with Gasteiger partial charge < -0.3 is 9.47 Å². The number of anilines is 1. The fourth-order valence-electron chi connectivity index (χ4n) is 3.89. The summed E-state index contributed by atoms with van der Waals surface area (Å²) in [4.78, 5) is 14.1. The maximum atomic E-state index is 14.3. The molecule has 1 aliphatic rings. The Morgan fingerprint density at radius 2 is 1.81 bits per heavy atom. The van der Waals surface area contributed by atoms with Gasteiger partial charge in [0.05, 0.1) is 5.69 Å². The Hall–Kier alpha value is -2.63. The SMILES string of the molecule is CC(C)Cc1ccc(COc2ccc3c(c2)CCN3C(=O)OC(C)(C)C)c(C(C)(F)F)c1. The Balaban J connectivity index is 1.74. The molecule has 2 aromatic rings. The first kappa shape index (κ1) is 24.0. The molecule has 1 heterocycles. The summed E-state index contributed by atoms with van der Waals surface area (Å²) in [7, 11) is 0. The molecule has 0 spiro atoms. The molecule has 0 fully saturated rings. The first-order chi connectivity index (χ1) is 14.8. The lowest BCUT2D eigenvalue weighted by atomic mass is 9.95. The lowest BCUT2D eigenvalue weighted by Gasteiger charge is -2.24. The Morgan fingerprint density at radius 1 is 1.09 bits per heavy atom. The number of nitrogens with zero attached hydrogens (tertiary/aromatic N) is 1. The monoisotopic (exact) mass is 445 g/mol. The summed E-state index contributed by atoms with van der Waals surface area (Å²) in [5, 5.41) is 0. The highest BCUT2D eigenvalue weighted by molar-refractivity contribution is 5.90. The van der Waals surface area contributed by atoms with Crippen LogP contribution in [0.25, 0.3) is 0 Å². The molecule has 1 amide bonds. The molecule has 6 heteroatoms. The number of carbonyl (C=O) groups excluding carboxylic acids is 1. The zero-order valence-corrected chi connectivity index (χ0v) is 19.8. The van der Waals surface area contributed by atoms with E-state index in [0.717, 1.165) is 30.2 Å². The smallest absolute Gasteiger partial charge is 0.414 e. The van der Waals surface area contributed by atoms with E-state index in [2.05, 4.69) is 13.8 Å². The van der Waals surface area contributed by atoms with Crippen molar-refractivity contribution in [1.29, 1.82) is 0 Å². The summed E-state index contributed by atoms with van der Waals surface area (Å²) in [6.45, 7) is 11.2. The summed E-state index contributed by atoms with van der Waals surface area (Å²) >= 11 is 0. The molecular formula is C26H33F2NO3. The molecule has 32 heavy (non-hydrogen) atoms. The highest BCUT2D eigenvalue weighted by Gasteiger charge is 2.30. The van der Waals surface area contributed by atoms with Crippen LogP contribution in [0.15, 0.2) is 36.4 Å². The Bertz CT molecular complexity index is 974. The van der Waals surface area contributed by atoms with Gasteiger partial charge in [-0.05, 0) is 80.5 Å². The second-order valence-corrected chi connectivity index (χ2v) is 9.94. The minimum atomic E-state index is -2.95. The lowest BCUT2D eigenvalue weighted by Crippen LogP contribution is -2.35. The van der Waals surface area contributed by atoms with Crippen LogP contribution in [-0.4, -0.2) is 18.2 Å². The molecule has 4 nitrogen and oxygen atoms in total. The van der Waals surface area contributed by atoms with E-state index in [9.17, 15) is 13.6 Å². The zero-order valence-electron chi connectivity index (χ0n) is 19.8. The third-order valence-corrected chi connectivity index (χ3v) is 5.25. The zero-order chi connectivity index (χ0) is 23.7. The first-order valence-corrected chi connectivity index (χ1v) is 11.1. The minimum absolute atomic E-state index is 0.00732. The maximum absolute atomic E-state index is 14.3. The van der Waals surface area contributed by atoms with Crippen LogP contribution < -0.4 is 9.64 Å². The number of fused-ring (bicyclic) bond motifs is 1. The highest BCUT2D eigenvalue weighted by atomic mass is 19.3. The van der Waals surface area contributed by atoms with Gasteiger partial charge in [0.2, 0.25) is 0 Å². The molecule has 3 rings (SSSR count). The number of alkyl halides is 2. The van der Waals surface area contributed by atoms with E-state index in [1.807, 2.05) is 39.0 Å². The topological polar surface area (TPSA) is 38.8 Å². The summed E-state index contributed by atoms with van der Waals surface area (Å²) in [5.41, 5.74) is 2.59. The summed E-state index contributed by atoms with van der Waals surface area (Å²) in [5.74, 6) is -1.97. The van der Waals surface area contributed by atoms with Crippen molar-refractivity contribution < 1.29 is 23.0 Å². The van der Waals surface area contributed by atoms with Crippen molar-refractivity contribution in [2.45, 2.75) is 72.5 Å². The van der Waals surface area contributed by atoms with Crippen LogP contribution in [0.2, 0.25) is 0 Å². The highest BCUT2D eigenvalue weighted by Crippen LogP contribution is 2.34. The van der Waals surface area contributed by atoms with Crippen LogP contribution in [0.5, 0.6) is 5.75 Å². The minimum Gasteiger partial charge on any atom is -0.489 e. The summed E-state index contributed by atoms with van der Waals surface area (Å²) in [6.07, 6.45) is 1.07. The van der Waals surface area contributed by atoms with E-state index in [-0.39, 0.29) is 18.3 Å². The predicted octanol–water partition coefficient (Wildman–Crippen LogP) is 6.87. The van der Waals surface area contributed by atoms with Gasteiger partial charge in [-0.1, -0.05) is 26.0 Å². The summed E-state index contributed by atoms with van der Waals surface area (Å²) in [6, 6.07) is 10.7. The molecule has 0 atom stereocenters. The Morgan fingerprint density at radius 3 is 2.44 bits per heavy atom. The van der Waals surface area contributed by atoms with E-state index in [0.29, 0.717) is 30.2 Å². The van der Waals surface area contributed by atoms with Crippen molar-refractivity contribution in [2.24, 2.45) is 5.92 Å². The van der Waals surface area contributed by atoms with E-state index in [1.165, 1.54) is 0 Å². The molecule has 174 valence electrons. The van der Waals surface area contributed by atoms with Gasteiger partial charge in [0.1, 0.15) is 18.0 Å². The van der Waals surface area contributed by atoms with Crippen LogP contribution in [0.1, 0.15) is 63.8 Å². The largest absolute Gasteiger partial charge is 0.489 e. The molecular weight excluding hydrogens is 412 g/mol. The number of ether oxygens (including phenoxy) is 2. The molecule has 2 aromatic carbocycles. The van der Waals surface area contributed by atoms with Crippen LogP contribution in [0.4, 0.5) is 19.3 Å². The maximum Gasteiger partial charge on any atom is 0.414 e. The van der Waals surface area contributed by atoms with Crippen LogP contribution >= 0.6 is 0 Å². The van der Waals surface area contributed by atoms with Gasteiger partial charge in [-0.15, -0.1) is 0 Å². The van der Waals surface area contributed by atoms with Crippen molar-refractivity contribution in [2.75, 3.05) is 11.4 Å². The molecule has 0 saturated carbocycles.